The molecule has 1 aliphatic rings. The molecule has 0 spiro atoms. The highest BCUT2D eigenvalue weighted by molar-refractivity contribution is 9.10. The van der Waals surface area contributed by atoms with Crippen molar-refractivity contribution >= 4 is 31.8 Å². The zero-order chi connectivity index (χ0) is 15.9. The summed E-state index contributed by atoms with van der Waals surface area (Å²) in [5, 5.41) is -1.46. The molecule has 0 bridgehead atoms. The van der Waals surface area contributed by atoms with Crippen LogP contribution < -0.4 is 0 Å². The molecule has 1 aromatic carbocycles. The number of hydrogen-bond acceptors (Lipinski definition) is 3. The summed E-state index contributed by atoms with van der Waals surface area (Å²) in [6.45, 7) is 0. The fraction of sp³-hybridized carbons (Fsp3) is 0.133. The van der Waals surface area contributed by atoms with E-state index in [1.165, 1.54) is 24.4 Å². The second-order valence-electron chi connectivity index (χ2n) is 4.77. The highest BCUT2D eigenvalue weighted by Gasteiger charge is 2.42. The van der Waals surface area contributed by atoms with Gasteiger partial charge in [-0.15, -0.1) is 0 Å². The van der Waals surface area contributed by atoms with Crippen LogP contribution in [0.25, 0.3) is 6.08 Å². The van der Waals surface area contributed by atoms with Gasteiger partial charge in [-0.05, 0) is 24.3 Å². The number of aromatic nitrogens is 1. The summed E-state index contributed by atoms with van der Waals surface area (Å²) in [6.07, 6.45) is -0.259. The van der Waals surface area contributed by atoms with Crippen LogP contribution >= 0.6 is 15.9 Å². The monoisotopic (exact) mass is 385 g/mol. The van der Waals surface area contributed by atoms with Crippen LogP contribution in [0.2, 0.25) is 0 Å². The van der Waals surface area contributed by atoms with Gasteiger partial charge in [0.1, 0.15) is 5.25 Å². The molecule has 0 N–H and O–H groups in total. The van der Waals surface area contributed by atoms with Crippen LogP contribution in [0.1, 0.15) is 16.5 Å². The quantitative estimate of drug-likeness (QED) is 0.801. The van der Waals surface area contributed by atoms with E-state index in [4.69, 9.17) is 0 Å². The molecule has 1 heterocycles. The number of alkyl halides is 2. The first kappa shape index (κ1) is 15.3. The van der Waals surface area contributed by atoms with Gasteiger partial charge < -0.3 is 0 Å². The molecule has 3 rings (SSSR count). The Bertz CT molecular complexity index is 851. The van der Waals surface area contributed by atoms with Crippen molar-refractivity contribution in [1.82, 2.24) is 4.98 Å². The lowest BCUT2D eigenvalue weighted by Crippen LogP contribution is -2.18. The van der Waals surface area contributed by atoms with Crippen molar-refractivity contribution in [3.8, 4) is 0 Å². The van der Waals surface area contributed by atoms with E-state index in [1.807, 2.05) is 0 Å². The lowest BCUT2D eigenvalue weighted by molar-refractivity contribution is 0.187. The standard InChI is InChI=1S/C15H10BrF2NO2S/c16-12-6-7-19-13-10(12)8-11(15(17)18)14(13)22(20,21)9-4-2-1-3-5-9/h1-8,14-15H. The van der Waals surface area contributed by atoms with Gasteiger partial charge >= 0.3 is 0 Å². The predicted molar refractivity (Wildman–Crippen MR) is 82.3 cm³/mol. The Balaban J connectivity index is 2.22. The van der Waals surface area contributed by atoms with Gasteiger partial charge in [-0.2, -0.15) is 0 Å². The smallest absolute Gasteiger partial charge is 0.259 e. The Kier molecular flexibility index (Phi) is 3.86. The van der Waals surface area contributed by atoms with Crippen molar-refractivity contribution in [3.63, 3.8) is 0 Å². The van der Waals surface area contributed by atoms with Gasteiger partial charge in [-0.25, -0.2) is 17.2 Å². The molecule has 0 radical (unpaired) electrons. The molecule has 0 saturated heterocycles. The lowest BCUT2D eigenvalue weighted by atomic mass is 10.2. The van der Waals surface area contributed by atoms with E-state index >= 15 is 0 Å². The second-order valence-corrected chi connectivity index (χ2v) is 7.66. The van der Waals surface area contributed by atoms with Crippen molar-refractivity contribution in [3.05, 3.63) is 63.9 Å². The summed E-state index contributed by atoms with van der Waals surface area (Å²) in [5.74, 6) is 0. The number of pyridine rings is 1. The molecule has 1 atom stereocenters. The summed E-state index contributed by atoms with van der Waals surface area (Å²) in [4.78, 5) is 4.03. The zero-order valence-corrected chi connectivity index (χ0v) is 13.5. The van der Waals surface area contributed by atoms with Gasteiger partial charge in [-0.1, -0.05) is 34.1 Å². The molecule has 1 unspecified atom stereocenters. The molecular formula is C15H10BrF2NO2S. The number of fused-ring (bicyclic) bond motifs is 1. The van der Waals surface area contributed by atoms with Crippen LogP contribution in [-0.4, -0.2) is 19.8 Å². The molecule has 0 aliphatic heterocycles. The Hall–Kier alpha value is -1.60. The number of hydrogen-bond donors (Lipinski definition) is 0. The van der Waals surface area contributed by atoms with E-state index < -0.39 is 27.1 Å². The number of halogens is 3. The molecule has 0 saturated carbocycles. The summed E-state index contributed by atoms with van der Waals surface area (Å²) in [5.41, 5.74) is 0.0779. The summed E-state index contributed by atoms with van der Waals surface area (Å²) in [6, 6.07) is 9.17. The first-order valence-electron chi connectivity index (χ1n) is 6.36. The average Bonchev–Trinajstić information content (AvgIpc) is 2.90. The third-order valence-electron chi connectivity index (χ3n) is 3.46. The Morgan fingerprint density at radius 2 is 1.82 bits per heavy atom. The van der Waals surface area contributed by atoms with Crippen molar-refractivity contribution < 1.29 is 17.2 Å². The minimum absolute atomic E-state index is 0.00109. The van der Waals surface area contributed by atoms with Gasteiger partial charge in [0, 0.05) is 21.8 Å². The van der Waals surface area contributed by atoms with Crippen LogP contribution in [0.4, 0.5) is 8.78 Å². The molecule has 3 nitrogen and oxygen atoms in total. The first-order valence-corrected chi connectivity index (χ1v) is 8.70. The Labute approximate surface area is 134 Å². The van der Waals surface area contributed by atoms with E-state index in [2.05, 4.69) is 20.9 Å². The van der Waals surface area contributed by atoms with Crippen molar-refractivity contribution in [1.29, 1.82) is 0 Å². The molecule has 7 heteroatoms. The fourth-order valence-electron chi connectivity index (χ4n) is 2.47. The summed E-state index contributed by atoms with van der Waals surface area (Å²) >= 11 is 3.25. The van der Waals surface area contributed by atoms with Gasteiger partial charge in [0.2, 0.25) is 0 Å². The van der Waals surface area contributed by atoms with Crippen molar-refractivity contribution in [2.24, 2.45) is 0 Å². The third-order valence-corrected chi connectivity index (χ3v) is 6.20. The van der Waals surface area contributed by atoms with Crippen LogP contribution in [0.15, 0.2) is 57.5 Å². The molecule has 0 amide bonds. The predicted octanol–water partition coefficient (Wildman–Crippen LogP) is 4.02. The Morgan fingerprint density at radius 3 is 2.45 bits per heavy atom. The fourth-order valence-corrected chi connectivity index (χ4v) is 4.72. The maximum Gasteiger partial charge on any atom is 0.261 e. The van der Waals surface area contributed by atoms with Gasteiger partial charge in [0.25, 0.3) is 6.43 Å². The molecular weight excluding hydrogens is 376 g/mol. The highest BCUT2D eigenvalue weighted by atomic mass is 79.9. The van der Waals surface area contributed by atoms with Gasteiger partial charge in [0.05, 0.1) is 10.6 Å². The number of sulfone groups is 1. The molecule has 2 aromatic rings. The molecule has 114 valence electrons. The van der Waals surface area contributed by atoms with Crippen LogP contribution in [0.5, 0.6) is 0 Å². The SMILES string of the molecule is O=S(=O)(c1ccccc1)C1C(C(F)F)=Cc2c(Br)ccnc21. The maximum atomic E-state index is 13.4. The van der Waals surface area contributed by atoms with Crippen molar-refractivity contribution in [2.45, 2.75) is 16.6 Å². The van der Waals surface area contributed by atoms with Gasteiger partial charge in [-0.3, -0.25) is 4.98 Å². The second kappa shape index (κ2) is 5.55. The van der Waals surface area contributed by atoms with Crippen LogP contribution in [0, 0.1) is 0 Å². The van der Waals surface area contributed by atoms with E-state index in [9.17, 15) is 17.2 Å². The summed E-state index contributed by atoms with van der Waals surface area (Å²) in [7, 11) is -3.99. The first-order chi connectivity index (χ1) is 10.4. The Morgan fingerprint density at radius 1 is 1.14 bits per heavy atom. The maximum absolute atomic E-state index is 13.4. The topological polar surface area (TPSA) is 47.0 Å². The number of nitrogens with zero attached hydrogens (tertiary/aromatic N) is 1. The van der Waals surface area contributed by atoms with E-state index in [0.29, 0.717) is 10.0 Å². The van der Waals surface area contributed by atoms with Crippen LogP contribution in [-0.2, 0) is 9.84 Å². The highest BCUT2D eigenvalue weighted by Crippen LogP contribution is 2.45. The third kappa shape index (κ3) is 2.38. The van der Waals surface area contributed by atoms with Gasteiger partial charge in [0.15, 0.2) is 9.84 Å². The average molecular weight is 386 g/mol. The van der Waals surface area contributed by atoms with Crippen molar-refractivity contribution in [2.75, 3.05) is 0 Å². The van der Waals surface area contributed by atoms with E-state index in [0.717, 1.165) is 0 Å². The van der Waals surface area contributed by atoms with E-state index in [1.54, 1.807) is 24.3 Å². The minimum Gasteiger partial charge on any atom is -0.259 e. The van der Waals surface area contributed by atoms with E-state index in [-0.39, 0.29) is 10.6 Å². The molecule has 1 aromatic heterocycles. The molecule has 1 aliphatic carbocycles. The number of benzene rings is 1. The largest absolute Gasteiger partial charge is 0.261 e. The number of rotatable bonds is 3. The summed E-state index contributed by atoms with van der Waals surface area (Å²) < 4.78 is 52.8. The van der Waals surface area contributed by atoms with Crippen LogP contribution in [0.3, 0.4) is 0 Å². The minimum atomic E-state index is -3.99. The molecule has 22 heavy (non-hydrogen) atoms. The molecule has 0 fully saturated rings. The lowest BCUT2D eigenvalue weighted by Gasteiger charge is -2.16. The normalized spacial score (nSPS) is 17.5. The zero-order valence-electron chi connectivity index (χ0n) is 11.1.